The summed E-state index contributed by atoms with van der Waals surface area (Å²) in [4.78, 5) is 10.7. The molecule has 1 aliphatic rings. The van der Waals surface area contributed by atoms with Gasteiger partial charge < -0.3 is 4.79 Å². The lowest BCUT2D eigenvalue weighted by Crippen LogP contribution is -2.16. The second-order valence-electron chi connectivity index (χ2n) is 3.85. The van der Waals surface area contributed by atoms with E-state index in [0.717, 1.165) is 25.5 Å². The van der Waals surface area contributed by atoms with Crippen molar-refractivity contribution in [3.8, 4) is 0 Å². The van der Waals surface area contributed by atoms with Crippen LogP contribution in [0.3, 0.4) is 0 Å². The molecule has 1 unspecified atom stereocenters. The fourth-order valence-electron chi connectivity index (χ4n) is 2.11. The summed E-state index contributed by atoms with van der Waals surface area (Å²) in [6, 6.07) is 6.42. The third kappa shape index (κ3) is 1.51. The molecule has 0 heterocycles. The van der Waals surface area contributed by atoms with Crippen molar-refractivity contribution in [3.63, 3.8) is 0 Å². The van der Waals surface area contributed by atoms with Crippen LogP contribution in [0.2, 0.25) is 0 Å². The van der Waals surface area contributed by atoms with Gasteiger partial charge in [-0.15, -0.1) is 0 Å². The van der Waals surface area contributed by atoms with E-state index < -0.39 is 0 Å². The van der Waals surface area contributed by atoms with Crippen LogP contribution in [0.1, 0.15) is 23.1 Å². The first-order chi connectivity index (χ1) is 6.31. The van der Waals surface area contributed by atoms with Crippen LogP contribution in [0.5, 0.6) is 0 Å². The molecule has 0 aliphatic heterocycles. The predicted octanol–water partition coefficient (Wildman–Crippen LogP) is 2.30. The number of aldehydes is 1. The molecule has 2 rings (SSSR count). The highest BCUT2D eigenvalue weighted by Gasteiger charge is 2.18. The van der Waals surface area contributed by atoms with Crippen LogP contribution in [0, 0.1) is 12.8 Å². The van der Waals surface area contributed by atoms with Gasteiger partial charge in [-0.3, -0.25) is 0 Å². The van der Waals surface area contributed by atoms with Gasteiger partial charge in [0.2, 0.25) is 0 Å². The van der Waals surface area contributed by atoms with Crippen molar-refractivity contribution in [1.82, 2.24) is 0 Å². The van der Waals surface area contributed by atoms with Gasteiger partial charge in [0.15, 0.2) is 0 Å². The van der Waals surface area contributed by atoms with Crippen molar-refractivity contribution >= 4 is 6.29 Å². The molecule has 13 heavy (non-hydrogen) atoms. The molecule has 0 fully saturated rings. The third-order valence-corrected chi connectivity index (χ3v) is 2.95. The molecule has 1 nitrogen and oxygen atoms in total. The average molecular weight is 174 g/mol. The molecule has 1 aromatic rings. The first kappa shape index (κ1) is 8.49. The lowest BCUT2D eigenvalue weighted by Gasteiger charge is -2.21. The molecule has 0 aromatic heterocycles. The van der Waals surface area contributed by atoms with Crippen LogP contribution in [-0.4, -0.2) is 6.29 Å². The van der Waals surface area contributed by atoms with Crippen LogP contribution in [0.4, 0.5) is 0 Å². The first-order valence-electron chi connectivity index (χ1n) is 4.84. The fraction of sp³-hybridized carbons (Fsp3) is 0.417. The molecule has 1 aromatic carbocycles. The maximum atomic E-state index is 10.7. The standard InChI is InChI=1S/C12H14O/c1-9-3-2-4-11-6-5-10(8-13)7-12(9)11/h2-4,8,10H,5-7H2,1H3. The van der Waals surface area contributed by atoms with Gasteiger partial charge in [-0.2, -0.15) is 0 Å². The zero-order valence-electron chi connectivity index (χ0n) is 7.92. The van der Waals surface area contributed by atoms with E-state index in [4.69, 9.17) is 0 Å². The van der Waals surface area contributed by atoms with Crippen molar-refractivity contribution in [3.05, 3.63) is 34.9 Å². The molecule has 0 saturated heterocycles. The maximum absolute atomic E-state index is 10.7. The highest BCUT2D eigenvalue weighted by Crippen LogP contribution is 2.26. The Morgan fingerprint density at radius 1 is 1.46 bits per heavy atom. The molecule has 0 saturated carbocycles. The SMILES string of the molecule is Cc1cccc2c1CC(C=O)CC2. The van der Waals surface area contributed by atoms with Gasteiger partial charge in [0.05, 0.1) is 0 Å². The van der Waals surface area contributed by atoms with E-state index >= 15 is 0 Å². The molecular formula is C12H14O. The van der Waals surface area contributed by atoms with E-state index in [1.807, 2.05) is 0 Å². The zero-order valence-corrected chi connectivity index (χ0v) is 7.92. The van der Waals surface area contributed by atoms with Gasteiger partial charge in [-0.05, 0) is 42.9 Å². The van der Waals surface area contributed by atoms with Crippen molar-refractivity contribution in [2.75, 3.05) is 0 Å². The van der Waals surface area contributed by atoms with Gasteiger partial charge in [0.1, 0.15) is 6.29 Å². The highest BCUT2D eigenvalue weighted by molar-refractivity contribution is 5.56. The Morgan fingerprint density at radius 2 is 2.31 bits per heavy atom. The van der Waals surface area contributed by atoms with Crippen LogP contribution in [0.25, 0.3) is 0 Å². The second-order valence-corrected chi connectivity index (χ2v) is 3.85. The van der Waals surface area contributed by atoms with Crippen molar-refractivity contribution < 1.29 is 4.79 Å². The summed E-state index contributed by atoms with van der Waals surface area (Å²) in [7, 11) is 0. The summed E-state index contributed by atoms with van der Waals surface area (Å²) in [6.07, 6.45) is 4.15. The van der Waals surface area contributed by atoms with Crippen molar-refractivity contribution in [2.24, 2.45) is 5.92 Å². The molecule has 0 spiro atoms. The zero-order chi connectivity index (χ0) is 9.26. The number of hydrogen-bond donors (Lipinski definition) is 0. The molecule has 0 amide bonds. The molecule has 1 aliphatic carbocycles. The molecule has 68 valence electrons. The third-order valence-electron chi connectivity index (χ3n) is 2.95. The van der Waals surface area contributed by atoms with Crippen LogP contribution in [0.15, 0.2) is 18.2 Å². The molecular weight excluding hydrogens is 160 g/mol. The lowest BCUT2D eigenvalue weighted by atomic mass is 9.83. The number of rotatable bonds is 1. The number of aryl methyl sites for hydroxylation is 2. The summed E-state index contributed by atoms with van der Waals surface area (Å²) in [5.74, 6) is 0.258. The normalized spacial score (nSPS) is 20.8. The number of carbonyl (C=O) groups excluding carboxylic acids is 1. The Morgan fingerprint density at radius 3 is 3.08 bits per heavy atom. The molecule has 1 atom stereocenters. The molecule has 0 bridgehead atoms. The van der Waals surface area contributed by atoms with Crippen molar-refractivity contribution in [2.45, 2.75) is 26.2 Å². The van der Waals surface area contributed by atoms with Crippen LogP contribution in [-0.2, 0) is 17.6 Å². The summed E-state index contributed by atoms with van der Waals surface area (Å²) in [5.41, 5.74) is 4.19. The quantitative estimate of drug-likeness (QED) is 0.597. The van der Waals surface area contributed by atoms with E-state index in [0.29, 0.717) is 0 Å². The van der Waals surface area contributed by atoms with Gasteiger partial charge in [0, 0.05) is 5.92 Å². The van der Waals surface area contributed by atoms with Crippen LogP contribution >= 0.6 is 0 Å². The highest BCUT2D eigenvalue weighted by atomic mass is 16.1. The molecule has 0 N–H and O–H groups in total. The molecule has 1 heteroatoms. The van der Waals surface area contributed by atoms with Gasteiger partial charge >= 0.3 is 0 Å². The monoisotopic (exact) mass is 174 g/mol. The topological polar surface area (TPSA) is 17.1 Å². The number of hydrogen-bond acceptors (Lipinski definition) is 1. The van der Waals surface area contributed by atoms with E-state index in [9.17, 15) is 4.79 Å². The van der Waals surface area contributed by atoms with E-state index in [2.05, 4.69) is 25.1 Å². The minimum absolute atomic E-state index is 0.258. The molecule has 0 radical (unpaired) electrons. The fourth-order valence-corrected chi connectivity index (χ4v) is 2.11. The number of benzene rings is 1. The number of fused-ring (bicyclic) bond motifs is 1. The summed E-state index contributed by atoms with van der Waals surface area (Å²) in [6.45, 7) is 2.13. The minimum Gasteiger partial charge on any atom is -0.303 e. The summed E-state index contributed by atoms with van der Waals surface area (Å²) >= 11 is 0. The summed E-state index contributed by atoms with van der Waals surface area (Å²) in [5, 5.41) is 0. The smallest absolute Gasteiger partial charge is 0.123 e. The predicted molar refractivity (Wildman–Crippen MR) is 52.8 cm³/mol. The van der Waals surface area contributed by atoms with Gasteiger partial charge in [-0.25, -0.2) is 0 Å². The Labute approximate surface area is 78.8 Å². The number of carbonyl (C=O) groups is 1. The summed E-state index contributed by atoms with van der Waals surface area (Å²) < 4.78 is 0. The van der Waals surface area contributed by atoms with E-state index in [-0.39, 0.29) is 5.92 Å². The Balaban J connectivity index is 2.37. The lowest BCUT2D eigenvalue weighted by molar-refractivity contribution is -0.111. The maximum Gasteiger partial charge on any atom is 0.123 e. The van der Waals surface area contributed by atoms with E-state index in [1.54, 1.807) is 0 Å². The van der Waals surface area contributed by atoms with Crippen LogP contribution < -0.4 is 0 Å². The Kier molecular flexibility index (Phi) is 2.17. The Hall–Kier alpha value is -1.11. The second kappa shape index (κ2) is 3.33. The largest absolute Gasteiger partial charge is 0.303 e. The van der Waals surface area contributed by atoms with E-state index in [1.165, 1.54) is 16.7 Å². The Bertz CT molecular complexity index is 328. The average Bonchev–Trinajstić information content (AvgIpc) is 2.18. The first-order valence-corrected chi connectivity index (χ1v) is 4.84. The van der Waals surface area contributed by atoms with Gasteiger partial charge in [-0.1, -0.05) is 18.2 Å². The van der Waals surface area contributed by atoms with Gasteiger partial charge in [0.25, 0.3) is 0 Å². The van der Waals surface area contributed by atoms with Crippen molar-refractivity contribution in [1.29, 1.82) is 0 Å². The minimum atomic E-state index is 0.258.